The van der Waals surface area contributed by atoms with Crippen LogP contribution in [0.1, 0.15) is 13.8 Å². The topological polar surface area (TPSA) is 58.1 Å². The summed E-state index contributed by atoms with van der Waals surface area (Å²) in [6.45, 7) is 5.45. The monoisotopic (exact) mass is 372 g/mol. The van der Waals surface area contributed by atoms with Crippen molar-refractivity contribution in [3.8, 4) is 0 Å². The SMILES string of the molecule is CCN(CC)C(=O)CSc1nnc(Nc2ccc3ccccc3c2)s1. The van der Waals surface area contributed by atoms with Gasteiger partial charge < -0.3 is 10.2 Å². The molecular formula is C18H20N4OS2. The Labute approximate surface area is 155 Å². The molecule has 7 heteroatoms. The van der Waals surface area contributed by atoms with E-state index in [1.807, 2.05) is 36.9 Å². The highest BCUT2D eigenvalue weighted by Crippen LogP contribution is 2.29. The standard InChI is InChI=1S/C18H20N4OS2/c1-3-22(4-2)16(23)12-24-18-21-20-17(25-18)19-15-10-9-13-7-5-6-8-14(13)11-15/h5-11H,3-4,12H2,1-2H3,(H,19,20). The van der Waals surface area contributed by atoms with Crippen LogP contribution in [-0.2, 0) is 4.79 Å². The van der Waals surface area contributed by atoms with Crippen molar-refractivity contribution >= 4 is 50.6 Å². The molecule has 0 aliphatic heterocycles. The molecule has 0 spiro atoms. The van der Waals surface area contributed by atoms with Gasteiger partial charge in [0.25, 0.3) is 0 Å². The summed E-state index contributed by atoms with van der Waals surface area (Å²) in [6.07, 6.45) is 0. The van der Waals surface area contributed by atoms with Gasteiger partial charge in [-0.15, -0.1) is 10.2 Å². The van der Waals surface area contributed by atoms with Crippen LogP contribution in [0.2, 0.25) is 0 Å². The third-order valence-corrected chi connectivity index (χ3v) is 5.80. The molecule has 0 atom stereocenters. The van der Waals surface area contributed by atoms with Crippen LogP contribution >= 0.6 is 23.1 Å². The Morgan fingerprint density at radius 3 is 2.64 bits per heavy atom. The molecule has 0 bridgehead atoms. The van der Waals surface area contributed by atoms with Crippen molar-refractivity contribution < 1.29 is 4.79 Å². The van der Waals surface area contributed by atoms with Gasteiger partial charge in [-0.25, -0.2) is 0 Å². The number of fused-ring (bicyclic) bond motifs is 1. The van der Waals surface area contributed by atoms with E-state index in [1.54, 1.807) is 0 Å². The number of nitrogens with one attached hydrogen (secondary N) is 1. The van der Waals surface area contributed by atoms with Gasteiger partial charge in [-0.1, -0.05) is 53.4 Å². The maximum Gasteiger partial charge on any atom is 0.233 e. The molecule has 0 saturated heterocycles. The maximum absolute atomic E-state index is 12.0. The van der Waals surface area contributed by atoms with E-state index in [1.165, 1.54) is 33.9 Å². The van der Waals surface area contributed by atoms with Crippen LogP contribution in [0.5, 0.6) is 0 Å². The Morgan fingerprint density at radius 1 is 1.12 bits per heavy atom. The molecule has 1 aromatic heterocycles. The van der Waals surface area contributed by atoms with Crippen molar-refractivity contribution in [1.82, 2.24) is 15.1 Å². The zero-order chi connectivity index (χ0) is 17.6. The molecule has 0 saturated carbocycles. The van der Waals surface area contributed by atoms with Gasteiger partial charge in [-0.2, -0.15) is 0 Å². The van der Waals surface area contributed by atoms with E-state index in [4.69, 9.17) is 0 Å². The summed E-state index contributed by atoms with van der Waals surface area (Å²) < 4.78 is 0.795. The summed E-state index contributed by atoms with van der Waals surface area (Å²) in [5.74, 6) is 0.529. The molecule has 5 nitrogen and oxygen atoms in total. The van der Waals surface area contributed by atoms with Crippen LogP contribution in [0, 0.1) is 0 Å². The molecule has 130 valence electrons. The van der Waals surface area contributed by atoms with Crippen molar-refractivity contribution in [2.75, 3.05) is 24.2 Å². The minimum Gasteiger partial charge on any atom is -0.343 e. The fraction of sp³-hybridized carbons (Fsp3) is 0.278. The lowest BCUT2D eigenvalue weighted by molar-refractivity contribution is -0.127. The highest BCUT2D eigenvalue weighted by atomic mass is 32.2. The molecule has 3 rings (SSSR count). The highest BCUT2D eigenvalue weighted by molar-refractivity contribution is 8.01. The van der Waals surface area contributed by atoms with Crippen LogP contribution in [0.25, 0.3) is 10.8 Å². The lowest BCUT2D eigenvalue weighted by atomic mass is 10.1. The molecule has 0 aliphatic carbocycles. The maximum atomic E-state index is 12.0. The molecule has 0 fully saturated rings. The fourth-order valence-electron chi connectivity index (χ4n) is 2.50. The number of anilines is 2. The number of carbonyl (C=O) groups excluding carboxylic acids is 1. The summed E-state index contributed by atoms with van der Waals surface area (Å²) in [5.41, 5.74) is 0.977. The first kappa shape index (κ1) is 17.7. The normalized spacial score (nSPS) is 10.8. The molecule has 1 heterocycles. The molecule has 0 radical (unpaired) electrons. The summed E-state index contributed by atoms with van der Waals surface area (Å²) in [6, 6.07) is 14.4. The van der Waals surface area contributed by atoms with Gasteiger partial charge in [0.1, 0.15) is 0 Å². The quantitative estimate of drug-likeness (QED) is 0.623. The zero-order valence-electron chi connectivity index (χ0n) is 14.2. The smallest absolute Gasteiger partial charge is 0.233 e. The molecule has 2 aromatic carbocycles. The Kier molecular flexibility index (Phi) is 5.88. The van der Waals surface area contributed by atoms with E-state index < -0.39 is 0 Å². The second-order valence-electron chi connectivity index (χ2n) is 5.41. The first-order chi connectivity index (χ1) is 12.2. The Bertz CT molecular complexity index is 861. The third-order valence-electron chi connectivity index (χ3n) is 3.84. The van der Waals surface area contributed by atoms with E-state index in [2.05, 4.69) is 39.8 Å². The first-order valence-corrected chi connectivity index (χ1v) is 9.99. The molecule has 0 unspecified atom stereocenters. The average Bonchev–Trinajstić information content (AvgIpc) is 3.08. The minimum absolute atomic E-state index is 0.134. The van der Waals surface area contributed by atoms with Crippen molar-refractivity contribution in [3.05, 3.63) is 42.5 Å². The van der Waals surface area contributed by atoms with E-state index in [0.29, 0.717) is 5.75 Å². The molecule has 25 heavy (non-hydrogen) atoms. The van der Waals surface area contributed by atoms with Crippen molar-refractivity contribution in [1.29, 1.82) is 0 Å². The lowest BCUT2D eigenvalue weighted by Gasteiger charge is -2.17. The summed E-state index contributed by atoms with van der Waals surface area (Å²) >= 11 is 2.90. The van der Waals surface area contributed by atoms with Gasteiger partial charge in [0.2, 0.25) is 11.0 Å². The largest absolute Gasteiger partial charge is 0.343 e. The number of carbonyl (C=O) groups is 1. The Balaban J connectivity index is 1.62. The fourth-order valence-corrected chi connectivity index (χ4v) is 4.18. The minimum atomic E-state index is 0.134. The molecule has 3 aromatic rings. The molecule has 1 N–H and O–H groups in total. The molecule has 1 amide bonds. The second-order valence-corrected chi connectivity index (χ2v) is 7.61. The van der Waals surface area contributed by atoms with Crippen molar-refractivity contribution in [2.45, 2.75) is 18.2 Å². The predicted octanol–water partition coefficient (Wildman–Crippen LogP) is 4.40. The number of rotatable bonds is 7. The van der Waals surface area contributed by atoms with Gasteiger partial charge in [-0.3, -0.25) is 4.79 Å². The van der Waals surface area contributed by atoms with E-state index in [-0.39, 0.29) is 5.91 Å². The van der Waals surface area contributed by atoms with Gasteiger partial charge in [0, 0.05) is 18.8 Å². The van der Waals surface area contributed by atoms with E-state index in [9.17, 15) is 4.79 Å². The Hall–Kier alpha value is -2.12. The Morgan fingerprint density at radius 2 is 1.88 bits per heavy atom. The summed E-state index contributed by atoms with van der Waals surface area (Å²) in [4.78, 5) is 13.9. The first-order valence-electron chi connectivity index (χ1n) is 8.19. The summed E-state index contributed by atoms with van der Waals surface area (Å²) in [5, 5.41) is 14.7. The van der Waals surface area contributed by atoms with Gasteiger partial charge in [-0.05, 0) is 36.8 Å². The predicted molar refractivity (Wildman–Crippen MR) is 106 cm³/mol. The zero-order valence-corrected chi connectivity index (χ0v) is 15.9. The van der Waals surface area contributed by atoms with Crippen LogP contribution < -0.4 is 5.32 Å². The molecule has 0 aliphatic rings. The van der Waals surface area contributed by atoms with Crippen LogP contribution in [0.3, 0.4) is 0 Å². The third kappa shape index (κ3) is 4.49. The van der Waals surface area contributed by atoms with E-state index >= 15 is 0 Å². The number of thioether (sulfide) groups is 1. The van der Waals surface area contributed by atoms with Gasteiger partial charge in [0.05, 0.1) is 5.75 Å². The van der Waals surface area contributed by atoms with Gasteiger partial charge >= 0.3 is 0 Å². The summed E-state index contributed by atoms with van der Waals surface area (Å²) in [7, 11) is 0. The van der Waals surface area contributed by atoms with Crippen LogP contribution in [-0.4, -0.2) is 39.8 Å². The van der Waals surface area contributed by atoms with Gasteiger partial charge in [0.15, 0.2) is 4.34 Å². The average molecular weight is 373 g/mol. The number of nitrogens with zero attached hydrogens (tertiary/aromatic N) is 3. The second kappa shape index (κ2) is 8.31. The number of hydrogen-bond acceptors (Lipinski definition) is 6. The number of amides is 1. The highest BCUT2D eigenvalue weighted by Gasteiger charge is 2.12. The van der Waals surface area contributed by atoms with Crippen LogP contribution in [0.4, 0.5) is 10.8 Å². The van der Waals surface area contributed by atoms with Crippen LogP contribution in [0.15, 0.2) is 46.8 Å². The van der Waals surface area contributed by atoms with Crippen molar-refractivity contribution in [3.63, 3.8) is 0 Å². The van der Waals surface area contributed by atoms with E-state index in [0.717, 1.165) is 28.2 Å². The number of hydrogen-bond donors (Lipinski definition) is 1. The lowest BCUT2D eigenvalue weighted by Crippen LogP contribution is -2.31. The number of benzene rings is 2. The number of aromatic nitrogens is 2. The molecular weight excluding hydrogens is 352 g/mol. The van der Waals surface area contributed by atoms with Crippen molar-refractivity contribution in [2.24, 2.45) is 0 Å².